The molecule has 1 aliphatic heterocycles. The molecule has 1 saturated heterocycles. The van der Waals surface area contributed by atoms with Crippen LogP contribution in [-0.4, -0.2) is 28.4 Å². The fourth-order valence-corrected chi connectivity index (χ4v) is 4.94. The predicted octanol–water partition coefficient (Wildman–Crippen LogP) is 6.14. The molecule has 0 radical (unpaired) electrons. The van der Waals surface area contributed by atoms with Crippen molar-refractivity contribution in [3.63, 3.8) is 0 Å². The first-order chi connectivity index (χ1) is 18.6. The zero-order chi connectivity index (χ0) is 26.5. The second-order valence-corrected chi connectivity index (χ2v) is 9.58. The molecule has 192 valence electrons. The van der Waals surface area contributed by atoms with Crippen molar-refractivity contribution in [2.24, 2.45) is 0 Å². The van der Waals surface area contributed by atoms with Crippen molar-refractivity contribution in [3.8, 4) is 11.5 Å². The first-order valence-corrected chi connectivity index (χ1v) is 13.1. The quantitative estimate of drug-likeness (QED) is 0.160. The molecule has 1 unspecified atom stereocenters. The van der Waals surface area contributed by atoms with E-state index in [0.717, 1.165) is 12.0 Å². The van der Waals surface area contributed by atoms with E-state index in [1.807, 2.05) is 37.3 Å². The summed E-state index contributed by atoms with van der Waals surface area (Å²) in [7, 11) is 0. The molecule has 0 saturated carbocycles. The molecule has 1 atom stereocenters. The highest BCUT2D eigenvalue weighted by molar-refractivity contribution is 7.14. The molecule has 2 heterocycles. The second-order valence-electron chi connectivity index (χ2n) is 8.70. The molecule has 1 fully saturated rings. The fraction of sp³-hybridized carbons (Fsp3) is 0.167. The smallest absolute Gasteiger partial charge is 0.301 e. The minimum absolute atomic E-state index is 0.00389. The van der Waals surface area contributed by atoms with Crippen LogP contribution in [-0.2, 0) is 16.2 Å². The summed E-state index contributed by atoms with van der Waals surface area (Å²) in [5, 5.41) is 13.5. The Morgan fingerprint density at radius 2 is 1.76 bits per heavy atom. The second kappa shape index (κ2) is 11.3. The number of benzene rings is 3. The van der Waals surface area contributed by atoms with Crippen LogP contribution < -0.4 is 14.4 Å². The summed E-state index contributed by atoms with van der Waals surface area (Å²) in [5.74, 6) is -0.564. The monoisotopic (exact) mass is 526 g/mol. The fourth-order valence-electron chi connectivity index (χ4n) is 4.28. The van der Waals surface area contributed by atoms with Gasteiger partial charge < -0.3 is 14.6 Å². The van der Waals surface area contributed by atoms with E-state index in [4.69, 9.17) is 9.47 Å². The van der Waals surface area contributed by atoms with Crippen LogP contribution in [0.15, 0.2) is 96.0 Å². The van der Waals surface area contributed by atoms with Gasteiger partial charge in [0, 0.05) is 17.1 Å². The molecule has 0 bridgehead atoms. The summed E-state index contributed by atoms with van der Waals surface area (Å²) in [6, 6.07) is 23.0. The molecule has 1 aromatic heterocycles. The van der Waals surface area contributed by atoms with Gasteiger partial charge in [0.15, 0.2) is 5.13 Å². The summed E-state index contributed by atoms with van der Waals surface area (Å²) >= 11 is 1.25. The number of Topliss-reactive ketones (excluding diaryl/α,β-unsaturated/α-hetero) is 1. The number of aromatic nitrogens is 1. The van der Waals surface area contributed by atoms with E-state index in [0.29, 0.717) is 41.0 Å². The van der Waals surface area contributed by atoms with Crippen LogP contribution in [0, 0.1) is 0 Å². The third-order valence-electron chi connectivity index (χ3n) is 6.09. The number of carbonyl (C=O) groups excluding carboxylic acids is 2. The van der Waals surface area contributed by atoms with Gasteiger partial charge in [-0.05, 0) is 41.8 Å². The molecule has 0 spiro atoms. The van der Waals surface area contributed by atoms with Gasteiger partial charge in [0.1, 0.15) is 23.9 Å². The molecule has 7 nitrogen and oxygen atoms in total. The lowest BCUT2D eigenvalue weighted by Gasteiger charge is -2.23. The van der Waals surface area contributed by atoms with Crippen LogP contribution in [0.2, 0.25) is 0 Å². The minimum atomic E-state index is -0.857. The molecular formula is C30H26N2O5S. The summed E-state index contributed by atoms with van der Waals surface area (Å²) in [6.45, 7) is 2.94. The van der Waals surface area contributed by atoms with Crippen LogP contribution >= 0.6 is 11.3 Å². The number of aliphatic hydroxyl groups is 1. The van der Waals surface area contributed by atoms with E-state index in [2.05, 4.69) is 4.98 Å². The molecule has 38 heavy (non-hydrogen) atoms. The summed E-state index contributed by atoms with van der Waals surface area (Å²) < 4.78 is 11.6. The number of rotatable bonds is 9. The molecule has 8 heteroatoms. The highest BCUT2D eigenvalue weighted by Crippen LogP contribution is 2.43. The van der Waals surface area contributed by atoms with E-state index in [9.17, 15) is 14.7 Å². The third kappa shape index (κ3) is 5.17. The van der Waals surface area contributed by atoms with Crippen molar-refractivity contribution in [1.29, 1.82) is 0 Å². The highest BCUT2D eigenvalue weighted by Gasteiger charge is 2.48. The average Bonchev–Trinajstić information content (AvgIpc) is 3.58. The maximum atomic E-state index is 13.3. The average molecular weight is 527 g/mol. The van der Waals surface area contributed by atoms with Gasteiger partial charge in [-0.1, -0.05) is 61.5 Å². The van der Waals surface area contributed by atoms with E-state index >= 15 is 0 Å². The number of hydrogen-bond acceptors (Lipinski definition) is 7. The number of thiazole rings is 1. The molecule has 1 aliphatic rings. The van der Waals surface area contributed by atoms with E-state index < -0.39 is 17.7 Å². The Bertz CT molecular complexity index is 1450. The highest BCUT2D eigenvalue weighted by atomic mass is 32.1. The van der Waals surface area contributed by atoms with E-state index in [1.165, 1.54) is 16.2 Å². The van der Waals surface area contributed by atoms with Gasteiger partial charge >= 0.3 is 5.91 Å². The minimum Gasteiger partial charge on any atom is -0.507 e. The predicted molar refractivity (Wildman–Crippen MR) is 146 cm³/mol. The summed E-state index contributed by atoms with van der Waals surface area (Å²) in [4.78, 5) is 32.1. The normalized spacial score (nSPS) is 16.6. The Balaban J connectivity index is 1.52. The van der Waals surface area contributed by atoms with E-state index in [-0.39, 0.29) is 11.3 Å². The third-order valence-corrected chi connectivity index (χ3v) is 6.87. The van der Waals surface area contributed by atoms with Gasteiger partial charge in [0.05, 0.1) is 18.2 Å². The van der Waals surface area contributed by atoms with Crippen LogP contribution in [0.25, 0.3) is 5.76 Å². The van der Waals surface area contributed by atoms with Gasteiger partial charge in [-0.25, -0.2) is 4.98 Å². The lowest BCUT2D eigenvalue weighted by molar-refractivity contribution is -0.132. The molecule has 1 amide bonds. The first-order valence-electron chi connectivity index (χ1n) is 12.3. The zero-order valence-corrected chi connectivity index (χ0v) is 21.6. The van der Waals surface area contributed by atoms with E-state index in [1.54, 1.807) is 60.1 Å². The number of carbonyl (C=O) groups is 2. The summed E-state index contributed by atoms with van der Waals surface area (Å²) in [5.41, 5.74) is 2.07. The Labute approximate surface area is 224 Å². The Morgan fingerprint density at radius 1 is 0.974 bits per heavy atom. The van der Waals surface area contributed by atoms with Crippen molar-refractivity contribution in [2.75, 3.05) is 11.5 Å². The van der Waals surface area contributed by atoms with Crippen molar-refractivity contribution < 1.29 is 24.2 Å². The number of hydrogen-bond donors (Lipinski definition) is 1. The topological polar surface area (TPSA) is 89.0 Å². The zero-order valence-electron chi connectivity index (χ0n) is 20.7. The van der Waals surface area contributed by atoms with Crippen molar-refractivity contribution in [3.05, 3.63) is 113 Å². The maximum Gasteiger partial charge on any atom is 0.301 e. The van der Waals surface area contributed by atoms with Crippen LogP contribution in [0.4, 0.5) is 5.13 Å². The molecular weight excluding hydrogens is 500 g/mol. The SMILES string of the molecule is CCCOc1cccc(/C(O)=C2\C(=O)C(=O)N(c3nccs3)C2c2ccc(OCc3ccccc3)cc2)c1. The van der Waals surface area contributed by atoms with Crippen molar-refractivity contribution >= 4 is 33.9 Å². The standard InChI is InChI=1S/C30H26N2O5S/c1-2-16-36-24-10-6-9-22(18-24)27(33)25-26(32(29(35)28(25)34)30-31-15-17-38-30)21-11-13-23(14-12-21)37-19-20-7-4-3-5-8-20/h3-15,17-18,26,33H,2,16,19H2,1H3/b27-25+. The van der Waals surface area contributed by atoms with Crippen LogP contribution in [0.1, 0.15) is 36.1 Å². The number of anilines is 1. The van der Waals surface area contributed by atoms with Crippen molar-refractivity contribution in [2.45, 2.75) is 26.0 Å². The molecule has 3 aromatic carbocycles. The van der Waals surface area contributed by atoms with Gasteiger partial charge in [0.25, 0.3) is 5.78 Å². The maximum absolute atomic E-state index is 13.3. The molecule has 5 rings (SSSR count). The van der Waals surface area contributed by atoms with Crippen molar-refractivity contribution in [1.82, 2.24) is 4.98 Å². The lowest BCUT2D eigenvalue weighted by Crippen LogP contribution is -2.29. The summed E-state index contributed by atoms with van der Waals surface area (Å²) in [6.07, 6.45) is 2.41. The number of ether oxygens (including phenoxy) is 2. The largest absolute Gasteiger partial charge is 0.507 e. The van der Waals surface area contributed by atoms with Gasteiger partial charge in [0.2, 0.25) is 0 Å². The van der Waals surface area contributed by atoms with Gasteiger partial charge in [-0.3, -0.25) is 14.5 Å². The number of amides is 1. The lowest BCUT2D eigenvalue weighted by atomic mass is 9.95. The number of aliphatic hydroxyl groups excluding tert-OH is 1. The Kier molecular flexibility index (Phi) is 7.51. The van der Waals surface area contributed by atoms with Crippen LogP contribution in [0.3, 0.4) is 0 Å². The first kappa shape index (κ1) is 25.2. The molecule has 1 N–H and O–H groups in total. The van der Waals surface area contributed by atoms with Gasteiger partial charge in [-0.15, -0.1) is 11.3 Å². The number of ketones is 1. The Morgan fingerprint density at radius 3 is 2.47 bits per heavy atom. The van der Waals surface area contributed by atoms with Gasteiger partial charge in [-0.2, -0.15) is 0 Å². The number of nitrogens with zero attached hydrogens (tertiary/aromatic N) is 2. The van der Waals surface area contributed by atoms with Crippen LogP contribution in [0.5, 0.6) is 11.5 Å². The Hall–Kier alpha value is -4.43. The molecule has 0 aliphatic carbocycles. The molecule has 4 aromatic rings.